The summed E-state index contributed by atoms with van der Waals surface area (Å²) in [6.45, 7) is 7.68. The number of nitrogens with one attached hydrogen (secondary N) is 1. The van der Waals surface area contributed by atoms with Gasteiger partial charge in [-0.05, 0) is 64.4 Å². The number of esters is 2. The van der Waals surface area contributed by atoms with Crippen LogP contribution in [0.5, 0.6) is 0 Å². The summed E-state index contributed by atoms with van der Waals surface area (Å²) < 4.78 is 51.1. The van der Waals surface area contributed by atoms with E-state index >= 15 is 0 Å². The van der Waals surface area contributed by atoms with Gasteiger partial charge in [-0.1, -0.05) is 6.07 Å². The molecule has 3 aromatic rings. The first-order chi connectivity index (χ1) is 16.4. The van der Waals surface area contributed by atoms with Crippen molar-refractivity contribution >= 4 is 17.7 Å². The van der Waals surface area contributed by atoms with Crippen LogP contribution in [0.15, 0.2) is 30.3 Å². The van der Waals surface area contributed by atoms with Crippen molar-refractivity contribution in [3.05, 3.63) is 75.4 Å². The molecule has 2 heterocycles. The fraction of sp³-hybridized carbons (Fsp3) is 0.320. The molecule has 10 heteroatoms. The number of ketones is 1. The van der Waals surface area contributed by atoms with Crippen molar-refractivity contribution in [2.24, 2.45) is 0 Å². The quantitative estimate of drug-likeness (QED) is 0.360. The van der Waals surface area contributed by atoms with Crippen molar-refractivity contribution in [1.29, 1.82) is 0 Å². The second kappa shape index (κ2) is 9.81. The van der Waals surface area contributed by atoms with Crippen LogP contribution >= 0.6 is 0 Å². The number of alkyl halides is 3. The molecule has 0 bridgehead atoms. The van der Waals surface area contributed by atoms with Gasteiger partial charge in [-0.2, -0.15) is 13.2 Å². The Balaban J connectivity index is 1.81. The normalized spacial score (nSPS) is 11.4. The average molecular weight is 490 g/mol. The zero-order chi connectivity index (χ0) is 26.1. The summed E-state index contributed by atoms with van der Waals surface area (Å²) in [6.07, 6.45) is -4.50. The maximum Gasteiger partial charge on any atom is 0.416 e. The van der Waals surface area contributed by atoms with Gasteiger partial charge in [0.15, 0.2) is 6.61 Å². The highest BCUT2D eigenvalue weighted by atomic mass is 19.4. The molecule has 1 N–H and O–H groups in total. The molecule has 0 aliphatic rings. The van der Waals surface area contributed by atoms with E-state index in [0.29, 0.717) is 22.6 Å². The van der Waals surface area contributed by atoms with Crippen LogP contribution in [-0.2, 0) is 15.7 Å². The highest BCUT2D eigenvalue weighted by Crippen LogP contribution is 2.31. The van der Waals surface area contributed by atoms with Gasteiger partial charge in [-0.3, -0.25) is 4.79 Å². The van der Waals surface area contributed by atoms with Crippen LogP contribution in [0.3, 0.4) is 0 Å². The fourth-order valence-electron chi connectivity index (χ4n) is 4.01. The minimum Gasteiger partial charge on any atom is -0.461 e. The molecule has 0 fully saturated rings. The summed E-state index contributed by atoms with van der Waals surface area (Å²) in [4.78, 5) is 40.4. The van der Waals surface area contributed by atoms with Crippen LogP contribution in [-0.4, -0.2) is 40.5 Å². The highest BCUT2D eigenvalue weighted by Gasteiger charge is 2.31. The minimum absolute atomic E-state index is 0.132. The predicted molar refractivity (Wildman–Crippen MR) is 121 cm³/mol. The second-order valence-corrected chi connectivity index (χ2v) is 8.01. The Bertz CT molecular complexity index is 1300. The fourth-order valence-corrected chi connectivity index (χ4v) is 4.01. The predicted octanol–water partition coefficient (Wildman–Crippen LogP) is 5.27. The van der Waals surface area contributed by atoms with Crippen LogP contribution in [0.25, 0.3) is 5.69 Å². The van der Waals surface area contributed by atoms with Crippen LogP contribution < -0.4 is 0 Å². The number of halogens is 3. The maximum absolute atomic E-state index is 13.1. The zero-order valence-corrected chi connectivity index (χ0v) is 19.9. The molecule has 0 saturated carbocycles. The monoisotopic (exact) mass is 490 g/mol. The van der Waals surface area contributed by atoms with Crippen molar-refractivity contribution in [2.75, 3.05) is 13.2 Å². The number of hydrogen-bond donors (Lipinski definition) is 1. The number of aromatic amines is 1. The molecule has 0 radical (unpaired) electrons. The average Bonchev–Trinajstić information content (AvgIpc) is 3.26. The van der Waals surface area contributed by atoms with E-state index in [1.165, 1.54) is 22.8 Å². The molecule has 0 amide bonds. The van der Waals surface area contributed by atoms with Gasteiger partial charge in [-0.15, -0.1) is 0 Å². The van der Waals surface area contributed by atoms with Gasteiger partial charge in [-0.25, -0.2) is 9.59 Å². The number of carbonyl (C=O) groups is 3. The SMILES string of the molecule is CCOC(=O)c1[nH]c(C)c(C(=O)OCC(=O)c2cc(C)n(-c3cccc(C(F)(F)F)c3)c2C)c1C. The Morgan fingerprint density at radius 2 is 1.69 bits per heavy atom. The lowest BCUT2D eigenvalue weighted by Gasteiger charge is -2.13. The van der Waals surface area contributed by atoms with Crippen LogP contribution in [0.1, 0.15) is 66.3 Å². The summed E-state index contributed by atoms with van der Waals surface area (Å²) in [5, 5.41) is 0. The molecule has 35 heavy (non-hydrogen) atoms. The number of carbonyl (C=O) groups excluding carboxylic acids is 3. The number of aromatic nitrogens is 2. The molecule has 0 unspecified atom stereocenters. The third kappa shape index (κ3) is 5.16. The largest absolute Gasteiger partial charge is 0.461 e. The lowest BCUT2D eigenvalue weighted by molar-refractivity contribution is -0.137. The second-order valence-electron chi connectivity index (χ2n) is 8.01. The molecule has 0 spiro atoms. The summed E-state index contributed by atoms with van der Waals surface area (Å²) in [7, 11) is 0. The molecule has 3 rings (SSSR count). The number of ether oxygens (including phenoxy) is 2. The molecule has 1 aromatic carbocycles. The molecule has 0 saturated heterocycles. The van der Waals surface area contributed by atoms with E-state index in [0.717, 1.165) is 12.1 Å². The van der Waals surface area contributed by atoms with Gasteiger partial charge < -0.3 is 19.0 Å². The first-order valence-corrected chi connectivity index (χ1v) is 10.8. The van der Waals surface area contributed by atoms with E-state index in [-0.39, 0.29) is 29.1 Å². The topological polar surface area (TPSA) is 90.4 Å². The van der Waals surface area contributed by atoms with Gasteiger partial charge in [0.25, 0.3) is 0 Å². The Morgan fingerprint density at radius 1 is 1.00 bits per heavy atom. The van der Waals surface area contributed by atoms with E-state index < -0.39 is 36.1 Å². The molecular formula is C25H25F3N2O5. The van der Waals surface area contributed by atoms with Crippen molar-refractivity contribution in [3.8, 4) is 5.69 Å². The number of Topliss-reactive ketones (excluding diaryl/α,β-unsaturated/α-hetero) is 1. The van der Waals surface area contributed by atoms with Gasteiger partial charge in [0.05, 0.1) is 17.7 Å². The highest BCUT2D eigenvalue weighted by molar-refractivity contribution is 6.02. The molecule has 186 valence electrons. The number of H-pyrrole nitrogens is 1. The Hall–Kier alpha value is -3.82. The summed E-state index contributed by atoms with van der Waals surface area (Å²) >= 11 is 0. The van der Waals surface area contributed by atoms with E-state index in [4.69, 9.17) is 9.47 Å². The molecule has 0 atom stereocenters. The van der Waals surface area contributed by atoms with Gasteiger partial charge >= 0.3 is 18.1 Å². The standard InChI is InChI=1S/C25H25F3N2O5/c1-6-34-24(33)22-14(3)21(15(4)29-22)23(32)35-12-20(31)19-10-13(2)30(16(19)5)18-9-7-8-17(11-18)25(26,27)28/h7-11,29H,6,12H2,1-5H3. The lowest BCUT2D eigenvalue weighted by atomic mass is 10.1. The van der Waals surface area contributed by atoms with Crippen molar-refractivity contribution in [1.82, 2.24) is 9.55 Å². The van der Waals surface area contributed by atoms with E-state index in [1.54, 1.807) is 34.6 Å². The maximum atomic E-state index is 13.1. The van der Waals surface area contributed by atoms with Gasteiger partial charge in [0.2, 0.25) is 5.78 Å². The lowest BCUT2D eigenvalue weighted by Crippen LogP contribution is -2.16. The number of aryl methyl sites for hydroxylation is 2. The van der Waals surface area contributed by atoms with Crippen LogP contribution in [0, 0.1) is 27.7 Å². The molecule has 0 aliphatic carbocycles. The van der Waals surface area contributed by atoms with E-state index in [9.17, 15) is 27.6 Å². The van der Waals surface area contributed by atoms with Crippen molar-refractivity contribution < 1.29 is 37.0 Å². The van der Waals surface area contributed by atoms with Crippen LogP contribution in [0.2, 0.25) is 0 Å². The number of benzene rings is 1. The van der Waals surface area contributed by atoms with E-state index in [2.05, 4.69) is 4.98 Å². The van der Waals surface area contributed by atoms with Crippen molar-refractivity contribution in [3.63, 3.8) is 0 Å². The Morgan fingerprint density at radius 3 is 2.31 bits per heavy atom. The number of hydrogen-bond acceptors (Lipinski definition) is 5. The Kier molecular flexibility index (Phi) is 7.23. The minimum atomic E-state index is -4.50. The van der Waals surface area contributed by atoms with Crippen LogP contribution in [0.4, 0.5) is 13.2 Å². The Labute approximate surface area is 199 Å². The number of nitrogens with zero attached hydrogens (tertiary/aromatic N) is 1. The third-order valence-electron chi connectivity index (χ3n) is 5.62. The summed E-state index contributed by atoms with van der Waals surface area (Å²) in [6, 6.07) is 6.33. The van der Waals surface area contributed by atoms with E-state index in [1.807, 2.05) is 0 Å². The van der Waals surface area contributed by atoms with Crippen molar-refractivity contribution in [2.45, 2.75) is 40.8 Å². The smallest absolute Gasteiger partial charge is 0.416 e. The first kappa shape index (κ1) is 25.8. The van der Waals surface area contributed by atoms with Gasteiger partial charge in [0, 0.05) is 28.3 Å². The summed E-state index contributed by atoms with van der Waals surface area (Å²) in [5.41, 5.74) is 1.66. The first-order valence-electron chi connectivity index (χ1n) is 10.8. The molecule has 7 nitrogen and oxygen atoms in total. The zero-order valence-electron chi connectivity index (χ0n) is 19.9. The summed E-state index contributed by atoms with van der Waals surface area (Å²) in [5.74, 6) is -1.90. The molecule has 0 aliphatic heterocycles. The molecule has 2 aromatic heterocycles. The molecular weight excluding hydrogens is 465 g/mol. The van der Waals surface area contributed by atoms with Gasteiger partial charge in [0.1, 0.15) is 5.69 Å². The third-order valence-corrected chi connectivity index (χ3v) is 5.62. The number of rotatable bonds is 7.